The first kappa shape index (κ1) is 17.9. The summed E-state index contributed by atoms with van der Waals surface area (Å²) in [4.78, 5) is 22.3. The summed E-state index contributed by atoms with van der Waals surface area (Å²) in [6.45, 7) is 3.08. The Labute approximate surface area is 139 Å². The van der Waals surface area contributed by atoms with Crippen molar-refractivity contribution in [3.05, 3.63) is 23.8 Å². The minimum absolute atomic E-state index is 0.0737. The molecule has 2 rings (SSSR count). The van der Waals surface area contributed by atoms with Gasteiger partial charge in [0.1, 0.15) is 11.4 Å². The van der Waals surface area contributed by atoms with Gasteiger partial charge in [-0.25, -0.2) is 5.84 Å². The third-order valence-electron chi connectivity index (χ3n) is 3.56. The summed E-state index contributed by atoms with van der Waals surface area (Å²) < 4.78 is 6.64. The highest BCUT2D eigenvalue weighted by Gasteiger charge is 2.19. The molecule has 0 aliphatic carbocycles. The van der Waals surface area contributed by atoms with E-state index in [1.54, 1.807) is 10.9 Å². The average molecular weight is 337 g/mol. The Balaban J connectivity index is 1.62. The summed E-state index contributed by atoms with van der Waals surface area (Å²) in [6, 6.07) is 0. The fraction of sp³-hybridized carbons (Fsp3) is 0.571. The van der Waals surface area contributed by atoms with E-state index in [9.17, 15) is 9.59 Å². The van der Waals surface area contributed by atoms with Crippen LogP contribution in [0.1, 0.15) is 23.3 Å². The van der Waals surface area contributed by atoms with E-state index in [4.69, 9.17) is 16.3 Å². The molecule has 1 aromatic heterocycles. The van der Waals surface area contributed by atoms with Gasteiger partial charge in [-0.2, -0.15) is 0 Å². The van der Waals surface area contributed by atoms with Crippen LogP contribution in [-0.2, 0) is 16.1 Å². The number of aryl methyl sites for hydroxylation is 1. The maximum Gasteiger partial charge on any atom is 0.268 e. The topological polar surface area (TPSA) is 141 Å². The van der Waals surface area contributed by atoms with Crippen molar-refractivity contribution in [1.82, 2.24) is 25.3 Å². The number of carbonyl (C=O) groups excluding carboxylic acids is 2. The van der Waals surface area contributed by atoms with Crippen LogP contribution < -0.4 is 16.9 Å². The van der Waals surface area contributed by atoms with Crippen molar-refractivity contribution in [3.8, 4) is 0 Å². The van der Waals surface area contributed by atoms with Crippen LogP contribution >= 0.6 is 0 Å². The Morgan fingerprint density at radius 1 is 1.50 bits per heavy atom. The number of hydrogen-bond donors (Lipinski definition) is 3. The predicted octanol–water partition coefficient (Wildman–Crippen LogP) is -1.39. The number of nitrogens with two attached hydrogens (primary N) is 2. The van der Waals surface area contributed by atoms with Crippen molar-refractivity contribution in [2.45, 2.75) is 19.4 Å². The van der Waals surface area contributed by atoms with Gasteiger partial charge in [-0.3, -0.25) is 14.3 Å². The first-order valence-corrected chi connectivity index (χ1v) is 7.78. The maximum atomic E-state index is 11.8. The van der Waals surface area contributed by atoms with Crippen molar-refractivity contribution in [2.24, 2.45) is 17.5 Å². The highest BCUT2D eigenvalue weighted by Crippen LogP contribution is 2.07. The summed E-state index contributed by atoms with van der Waals surface area (Å²) in [5, 5.41) is 11.6. The monoisotopic (exact) mass is 337 g/mol. The van der Waals surface area contributed by atoms with E-state index in [1.165, 1.54) is 11.2 Å². The van der Waals surface area contributed by atoms with Crippen LogP contribution in [0.5, 0.6) is 0 Å². The van der Waals surface area contributed by atoms with E-state index in [0.717, 1.165) is 12.8 Å². The SMILES string of the molecule is N/C(=C\N(N)CCCCn1cc(C=O)nn1)C(=O)NCC1COC1. The second-order valence-electron chi connectivity index (χ2n) is 5.67. The van der Waals surface area contributed by atoms with Gasteiger partial charge >= 0.3 is 0 Å². The van der Waals surface area contributed by atoms with E-state index in [2.05, 4.69) is 15.6 Å². The summed E-state index contributed by atoms with van der Waals surface area (Å²) in [7, 11) is 0. The molecule has 10 nitrogen and oxygen atoms in total. The number of hydrazine groups is 1. The lowest BCUT2D eigenvalue weighted by Crippen LogP contribution is -2.41. The van der Waals surface area contributed by atoms with Crippen molar-refractivity contribution in [1.29, 1.82) is 0 Å². The van der Waals surface area contributed by atoms with Gasteiger partial charge < -0.3 is 20.8 Å². The average Bonchev–Trinajstić information content (AvgIpc) is 2.97. The Hall–Kier alpha value is -2.46. The van der Waals surface area contributed by atoms with E-state index < -0.39 is 0 Å². The third kappa shape index (κ3) is 5.63. The molecule has 1 aliphatic heterocycles. The summed E-state index contributed by atoms with van der Waals surface area (Å²) in [6.07, 6.45) is 5.24. The van der Waals surface area contributed by atoms with Gasteiger partial charge in [-0.15, -0.1) is 5.10 Å². The van der Waals surface area contributed by atoms with Crippen molar-refractivity contribution >= 4 is 12.2 Å². The van der Waals surface area contributed by atoms with E-state index >= 15 is 0 Å². The van der Waals surface area contributed by atoms with Gasteiger partial charge in [0.2, 0.25) is 0 Å². The van der Waals surface area contributed by atoms with E-state index in [-0.39, 0.29) is 11.6 Å². The number of rotatable bonds is 10. The third-order valence-corrected chi connectivity index (χ3v) is 3.56. The van der Waals surface area contributed by atoms with Crippen LogP contribution in [0.4, 0.5) is 0 Å². The van der Waals surface area contributed by atoms with E-state index in [0.29, 0.717) is 50.7 Å². The molecule has 1 saturated heterocycles. The normalized spacial score (nSPS) is 15.0. The van der Waals surface area contributed by atoms with Crippen LogP contribution in [0.2, 0.25) is 0 Å². The molecule has 0 spiro atoms. The first-order chi connectivity index (χ1) is 11.6. The molecule has 24 heavy (non-hydrogen) atoms. The number of hydrogen-bond acceptors (Lipinski definition) is 8. The summed E-state index contributed by atoms with van der Waals surface area (Å²) in [5.74, 6) is 5.84. The molecule has 2 heterocycles. The molecular weight excluding hydrogens is 314 g/mol. The Morgan fingerprint density at radius 2 is 2.29 bits per heavy atom. The second kappa shape index (κ2) is 8.99. The van der Waals surface area contributed by atoms with Gasteiger partial charge in [0, 0.05) is 31.8 Å². The molecule has 5 N–H and O–H groups in total. The first-order valence-electron chi connectivity index (χ1n) is 7.78. The zero-order chi connectivity index (χ0) is 17.4. The molecule has 10 heteroatoms. The predicted molar refractivity (Wildman–Crippen MR) is 85.1 cm³/mol. The molecule has 1 amide bonds. The minimum atomic E-state index is -0.332. The van der Waals surface area contributed by atoms with Gasteiger partial charge in [0.15, 0.2) is 6.29 Å². The number of nitrogens with one attached hydrogen (secondary N) is 1. The fourth-order valence-corrected chi connectivity index (χ4v) is 2.09. The number of aldehydes is 1. The lowest BCUT2D eigenvalue weighted by atomic mass is 10.1. The van der Waals surface area contributed by atoms with Crippen LogP contribution in [0.3, 0.4) is 0 Å². The zero-order valence-corrected chi connectivity index (χ0v) is 13.4. The smallest absolute Gasteiger partial charge is 0.268 e. The van der Waals surface area contributed by atoms with Crippen molar-refractivity contribution in [3.63, 3.8) is 0 Å². The minimum Gasteiger partial charge on any atom is -0.393 e. The second-order valence-corrected chi connectivity index (χ2v) is 5.67. The standard InChI is InChI=1S/C14H23N7O3/c15-13(14(23)17-5-11-9-24-10-11)7-20(16)3-1-2-4-21-6-12(8-22)18-19-21/h6-8,11H,1-5,9-10,15-16H2,(H,17,23)/b13-7-. The Bertz CT molecular complexity index is 583. The van der Waals surface area contributed by atoms with Crippen molar-refractivity contribution < 1.29 is 14.3 Å². The maximum absolute atomic E-state index is 11.8. The van der Waals surface area contributed by atoms with Gasteiger partial charge in [-0.05, 0) is 12.8 Å². The molecule has 0 unspecified atom stereocenters. The molecule has 1 aromatic rings. The molecule has 0 atom stereocenters. The van der Waals surface area contributed by atoms with Crippen LogP contribution in [0, 0.1) is 5.92 Å². The molecule has 0 bridgehead atoms. The summed E-state index contributed by atoms with van der Waals surface area (Å²) >= 11 is 0. The molecule has 1 aliphatic rings. The van der Waals surface area contributed by atoms with Crippen molar-refractivity contribution in [2.75, 3.05) is 26.3 Å². The van der Waals surface area contributed by atoms with Gasteiger partial charge in [-0.1, -0.05) is 5.21 Å². The lowest BCUT2D eigenvalue weighted by molar-refractivity contribution is -0.118. The highest BCUT2D eigenvalue weighted by atomic mass is 16.5. The van der Waals surface area contributed by atoms with Crippen LogP contribution in [0.15, 0.2) is 18.1 Å². The molecule has 0 radical (unpaired) electrons. The van der Waals surface area contributed by atoms with Gasteiger partial charge in [0.05, 0.1) is 19.4 Å². The molecule has 132 valence electrons. The van der Waals surface area contributed by atoms with Crippen LogP contribution in [0.25, 0.3) is 0 Å². The number of nitrogens with zero attached hydrogens (tertiary/aromatic N) is 4. The van der Waals surface area contributed by atoms with Gasteiger partial charge in [0.25, 0.3) is 5.91 Å². The Kier molecular flexibility index (Phi) is 6.70. The highest BCUT2D eigenvalue weighted by molar-refractivity contribution is 5.92. The quantitative estimate of drug-likeness (QED) is 0.156. The lowest BCUT2D eigenvalue weighted by Gasteiger charge is -2.26. The molecule has 0 saturated carbocycles. The van der Waals surface area contributed by atoms with E-state index in [1.807, 2.05) is 0 Å². The number of ether oxygens (including phenoxy) is 1. The molecule has 0 aromatic carbocycles. The molecule has 1 fully saturated rings. The fourth-order valence-electron chi connectivity index (χ4n) is 2.09. The van der Waals surface area contributed by atoms with Crippen LogP contribution in [-0.4, -0.2) is 58.5 Å². The largest absolute Gasteiger partial charge is 0.393 e. The number of unbranched alkanes of at least 4 members (excludes halogenated alkanes) is 1. The zero-order valence-electron chi connectivity index (χ0n) is 13.4. The Morgan fingerprint density at radius 3 is 2.92 bits per heavy atom. The summed E-state index contributed by atoms with van der Waals surface area (Å²) in [5.41, 5.74) is 6.10. The number of amides is 1. The number of aromatic nitrogens is 3. The molecular formula is C14H23N7O3. The number of carbonyl (C=O) groups is 2.